The monoisotopic (exact) mass is 358 g/mol. The van der Waals surface area contributed by atoms with Gasteiger partial charge in [-0.25, -0.2) is 0 Å². The van der Waals surface area contributed by atoms with E-state index in [9.17, 15) is 4.79 Å². The lowest BCUT2D eigenvalue weighted by atomic mass is 9.99. The molecule has 5 nitrogen and oxygen atoms in total. The highest BCUT2D eigenvalue weighted by atomic mass is 16.2. The number of likely N-dealkylation sites (tertiary alicyclic amines) is 1. The zero-order valence-electron chi connectivity index (χ0n) is 16.7. The fraction of sp³-hybridized carbons (Fsp3) is 0.619. The molecule has 2 unspecified atom stereocenters. The van der Waals surface area contributed by atoms with Crippen molar-refractivity contribution in [3.63, 3.8) is 0 Å². The molecule has 1 heterocycles. The molecule has 0 radical (unpaired) electrons. The SMILES string of the molecule is CN=C(NCCC(=O)N1CCCC(C)C1)NCC(C)c1cccc(C)c1. The summed E-state index contributed by atoms with van der Waals surface area (Å²) in [6.07, 6.45) is 2.87. The average molecular weight is 359 g/mol. The van der Waals surface area contributed by atoms with Crippen LogP contribution in [0.5, 0.6) is 0 Å². The molecule has 1 aliphatic heterocycles. The molecule has 2 N–H and O–H groups in total. The zero-order chi connectivity index (χ0) is 18.9. The zero-order valence-corrected chi connectivity index (χ0v) is 16.7. The lowest BCUT2D eigenvalue weighted by Gasteiger charge is -2.31. The van der Waals surface area contributed by atoms with Crippen molar-refractivity contribution in [1.82, 2.24) is 15.5 Å². The minimum atomic E-state index is 0.243. The van der Waals surface area contributed by atoms with Crippen LogP contribution in [0.4, 0.5) is 0 Å². The van der Waals surface area contributed by atoms with Crippen molar-refractivity contribution in [2.75, 3.05) is 33.2 Å². The molecule has 144 valence electrons. The maximum absolute atomic E-state index is 12.3. The van der Waals surface area contributed by atoms with Gasteiger partial charge >= 0.3 is 0 Å². The lowest BCUT2D eigenvalue weighted by molar-refractivity contribution is -0.132. The number of benzene rings is 1. The van der Waals surface area contributed by atoms with E-state index >= 15 is 0 Å². The van der Waals surface area contributed by atoms with Crippen molar-refractivity contribution >= 4 is 11.9 Å². The van der Waals surface area contributed by atoms with E-state index in [1.807, 2.05) is 4.90 Å². The number of amides is 1. The number of nitrogens with zero attached hydrogens (tertiary/aromatic N) is 2. The molecule has 1 fully saturated rings. The summed E-state index contributed by atoms with van der Waals surface area (Å²) in [7, 11) is 1.76. The largest absolute Gasteiger partial charge is 0.356 e. The van der Waals surface area contributed by atoms with E-state index in [1.165, 1.54) is 17.5 Å². The molecule has 2 atom stereocenters. The predicted octanol–water partition coefficient (Wildman–Crippen LogP) is 2.91. The molecule has 2 rings (SSSR count). The summed E-state index contributed by atoms with van der Waals surface area (Å²) in [5.74, 6) is 2.01. The molecule has 1 aliphatic rings. The summed E-state index contributed by atoms with van der Waals surface area (Å²) in [5, 5.41) is 6.62. The number of hydrogen-bond acceptors (Lipinski definition) is 2. The second-order valence-electron chi connectivity index (χ2n) is 7.53. The first-order valence-electron chi connectivity index (χ1n) is 9.78. The van der Waals surface area contributed by atoms with Crippen molar-refractivity contribution < 1.29 is 4.79 Å². The van der Waals surface area contributed by atoms with E-state index in [1.54, 1.807) is 7.05 Å². The van der Waals surface area contributed by atoms with Gasteiger partial charge in [-0.2, -0.15) is 0 Å². The van der Waals surface area contributed by atoms with Crippen LogP contribution in [0.3, 0.4) is 0 Å². The number of rotatable bonds is 6. The number of aliphatic imine (C=N–C) groups is 1. The third-order valence-corrected chi connectivity index (χ3v) is 5.05. The Bertz CT molecular complexity index is 614. The number of carbonyl (C=O) groups excluding carboxylic acids is 1. The average Bonchev–Trinajstić information content (AvgIpc) is 2.64. The number of guanidine groups is 1. The third kappa shape index (κ3) is 6.36. The number of carbonyl (C=O) groups is 1. The van der Waals surface area contributed by atoms with E-state index in [4.69, 9.17) is 0 Å². The number of aryl methyl sites for hydroxylation is 1. The Kier molecular flexibility index (Phi) is 7.95. The van der Waals surface area contributed by atoms with Crippen LogP contribution < -0.4 is 10.6 Å². The Morgan fingerprint density at radius 3 is 2.88 bits per heavy atom. The van der Waals surface area contributed by atoms with Crippen LogP contribution in [-0.4, -0.2) is 50.0 Å². The summed E-state index contributed by atoms with van der Waals surface area (Å²) in [6.45, 7) is 9.77. The van der Waals surface area contributed by atoms with Gasteiger partial charge in [0.1, 0.15) is 0 Å². The molecule has 0 saturated carbocycles. The Hall–Kier alpha value is -2.04. The highest BCUT2D eigenvalue weighted by molar-refractivity contribution is 5.81. The van der Waals surface area contributed by atoms with Crippen LogP contribution in [0.15, 0.2) is 29.3 Å². The highest BCUT2D eigenvalue weighted by Crippen LogP contribution is 2.16. The molecule has 1 amide bonds. The third-order valence-electron chi connectivity index (χ3n) is 5.05. The Morgan fingerprint density at radius 2 is 2.19 bits per heavy atom. The van der Waals surface area contributed by atoms with E-state index in [2.05, 4.69) is 60.7 Å². The van der Waals surface area contributed by atoms with Gasteiger partial charge in [0.05, 0.1) is 0 Å². The van der Waals surface area contributed by atoms with Gasteiger partial charge in [-0.3, -0.25) is 9.79 Å². The van der Waals surface area contributed by atoms with Gasteiger partial charge in [0.2, 0.25) is 5.91 Å². The molecule has 1 aromatic carbocycles. The minimum absolute atomic E-state index is 0.243. The maximum atomic E-state index is 12.3. The predicted molar refractivity (Wildman–Crippen MR) is 109 cm³/mol. The molecule has 0 aliphatic carbocycles. The molecule has 1 aromatic rings. The van der Waals surface area contributed by atoms with Crippen molar-refractivity contribution in [3.05, 3.63) is 35.4 Å². The van der Waals surface area contributed by atoms with Crippen molar-refractivity contribution in [2.45, 2.75) is 46.0 Å². The fourth-order valence-electron chi connectivity index (χ4n) is 3.43. The van der Waals surface area contributed by atoms with Gasteiger partial charge in [0.25, 0.3) is 0 Å². The van der Waals surface area contributed by atoms with Crippen LogP contribution in [-0.2, 0) is 4.79 Å². The fourth-order valence-corrected chi connectivity index (χ4v) is 3.43. The Labute approximate surface area is 158 Å². The molecule has 0 spiro atoms. The summed E-state index contributed by atoms with van der Waals surface area (Å²) in [5.41, 5.74) is 2.60. The van der Waals surface area contributed by atoms with Gasteiger partial charge in [-0.05, 0) is 37.2 Å². The maximum Gasteiger partial charge on any atom is 0.224 e. The smallest absolute Gasteiger partial charge is 0.224 e. The summed E-state index contributed by atoms with van der Waals surface area (Å²) >= 11 is 0. The van der Waals surface area contributed by atoms with E-state index in [0.29, 0.717) is 24.8 Å². The number of piperidine rings is 1. The second-order valence-corrected chi connectivity index (χ2v) is 7.53. The molecule has 0 aromatic heterocycles. The van der Waals surface area contributed by atoms with Gasteiger partial charge in [-0.1, -0.05) is 43.7 Å². The van der Waals surface area contributed by atoms with E-state index in [0.717, 1.165) is 32.0 Å². The van der Waals surface area contributed by atoms with Crippen LogP contribution in [0, 0.1) is 12.8 Å². The van der Waals surface area contributed by atoms with E-state index < -0.39 is 0 Å². The van der Waals surface area contributed by atoms with E-state index in [-0.39, 0.29) is 5.91 Å². The Morgan fingerprint density at radius 1 is 1.38 bits per heavy atom. The summed E-state index contributed by atoms with van der Waals surface area (Å²) < 4.78 is 0. The molecule has 26 heavy (non-hydrogen) atoms. The van der Waals surface area contributed by atoms with Gasteiger partial charge in [-0.15, -0.1) is 0 Å². The molecular weight excluding hydrogens is 324 g/mol. The van der Waals surface area contributed by atoms with Gasteiger partial charge in [0.15, 0.2) is 5.96 Å². The second kappa shape index (κ2) is 10.2. The molecule has 1 saturated heterocycles. The van der Waals surface area contributed by atoms with Crippen LogP contribution >= 0.6 is 0 Å². The summed E-state index contributed by atoms with van der Waals surface area (Å²) in [6, 6.07) is 8.60. The van der Waals surface area contributed by atoms with Crippen LogP contribution in [0.25, 0.3) is 0 Å². The van der Waals surface area contributed by atoms with Crippen molar-refractivity contribution in [3.8, 4) is 0 Å². The number of hydrogen-bond donors (Lipinski definition) is 2. The first-order valence-corrected chi connectivity index (χ1v) is 9.78. The number of nitrogens with one attached hydrogen (secondary N) is 2. The first-order chi connectivity index (χ1) is 12.5. The van der Waals surface area contributed by atoms with Gasteiger partial charge < -0.3 is 15.5 Å². The lowest BCUT2D eigenvalue weighted by Crippen LogP contribution is -2.43. The highest BCUT2D eigenvalue weighted by Gasteiger charge is 2.20. The van der Waals surface area contributed by atoms with Crippen LogP contribution in [0.2, 0.25) is 0 Å². The standard InChI is InChI=1S/C21H34N4O/c1-16-7-5-9-19(13-16)18(3)14-24-21(22-4)23-11-10-20(26)25-12-6-8-17(2)15-25/h5,7,9,13,17-18H,6,8,10-12,14-15H2,1-4H3,(H2,22,23,24). The van der Waals surface area contributed by atoms with Crippen molar-refractivity contribution in [1.29, 1.82) is 0 Å². The minimum Gasteiger partial charge on any atom is -0.356 e. The van der Waals surface area contributed by atoms with Crippen molar-refractivity contribution in [2.24, 2.45) is 10.9 Å². The van der Waals surface area contributed by atoms with Crippen LogP contribution in [0.1, 0.15) is 50.2 Å². The molecule has 5 heteroatoms. The summed E-state index contributed by atoms with van der Waals surface area (Å²) in [4.78, 5) is 18.6. The quantitative estimate of drug-likeness (QED) is 0.607. The molecular formula is C21H34N4O. The molecule has 0 bridgehead atoms. The normalized spacial score (nSPS) is 19.2. The van der Waals surface area contributed by atoms with Gasteiger partial charge in [0, 0.05) is 39.6 Å². The Balaban J connectivity index is 1.71. The topological polar surface area (TPSA) is 56.7 Å². The first kappa shape index (κ1) is 20.3.